The van der Waals surface area contributed by atoms with Crippen LogP contribution in [0, 0.1) is 18.7 Å². The zero-order valence-electron chi connectivity index (χ0n) is 14.4. The fraction of sp³-hybridized carbons (Fsp3) is 0.0556. The third kappa shape index (κ3) is 3.61. The molecule has 0 unspecified atom stereocenters. The van der Waals surface area contributed by atoms with Gasteiger partial charge in [0.1, 0.15) is 29.0 Å². The van der Waals surface area contributed by atoms with Gasteiger partial charge >= 0.3 is 0 Å². The van der Waals surface area contributed by atoms with Crippen molar-refractivity contribution in [3.8, 4) is 11.5 Å². The smallest absolute Gasteiger partial charge is 0.260 e. The van der Waals surface area contributed by atoms with E-state index in [-0.39, 0.29) is 28.5 Å². The molecular formula is C18H12F2N6O2. The lowest BCUT2D eigenvalue weighted by Gasteiger charge is -2.09. The summed E-state index contributed by atoms with van der Waals surface area (Å²) in [5, 5.41) is 6.68. The minimum atomic E-state index is -0.725. The Bertz CT molecular complexity index is 1190. The minimum absolute atomic E-state index is 0.0417. The number of hydrogen-bond acceptors (Lipinski definition) is 6. The third-order valence-corrected chi connectivity index (χ3v) is 3.63. The average Bonchev–Trinajstić information content (AvgIpc) is 3.01. The Hall–Kier alpha value is -3.95. The molecule has 4 heterocycles. The fourth-order valence-corrected chi connectivity index (χ4v) is 2.54. The molecule has 0 aliphatic heterocycles. The van der Waals surface area contributed by atoms with Gasteiger partial charge in [-0.2, -0.15) is 9.49 Å². The standard InChI is InChI=1S/C18H12F2N6O2/c1-10-22-17-14(18(27)24-16-4-2-3-15(20)23-16)6-13(9-26(17)25-10)28-12-5-11(19)7-21-8-12/h2-9H,1H3,(H,23,24,27). The first-order chi connectivity index (χ1) is 13.5. The Morgan fingerprint density at radius 2 is 2.00 bits per heavy atom. The number of ether oxygens (including phenoxy) is 1. The van der Waals surface area contributed by atoms with E-state index in [0.717, 1.165) is 18.3 Å². The number of halogens is 2. The van der Waals surface area contributed by atoms with E-state index in [1.807, 2.05) is 0 Å². The second-order valence-corrected chi connectivity index (χ2v) is 5.76. The number of aryl methyl sites for hydroxylation is 1. The van der Waals surface area contributed by atoms with Gasteiger partial charge in [-0.05, 0) is 25.1 Å². The lowest BCUT2D eigenvalue weighted by molar-refractivity contribution is 0.102. The van der Waals surface area contributed by atoms with Crippen LogP contribution in [0.1, 0.15) is 16.2 Å². The molecule has 4 aromatic heterocycles. The Morgan fingerprint density at radius 1 is 1.14 bits per heavy atom. The molecule has 28 heavy (non-hydrogen) atoms. The zero-order chi connectivity index (χ0) is 19.7. The van der Waals surface area contributed by atoms with Crippen LogP contribution >= 0.6 is 0 Å². The molecule has 0 radical (unpaired) electrons. The molecule has 0 atom stereocenters. The molecule has 0 saturated heterocycles. The number of carbonyl (C=O) groups is 1. The van der Waals surface area contributed by atoms with Crippen molar-refractivity contribution in [2.45, 2.75) is 6.92 Å². The van der Waals surface area contributed by atoms with Gasteiger partial charge in [0, 0.05) is 6.07 Å². The highest BCUT2D eigenvalue weighted by Crippen LogP contribution is 2.24. The molecule has 10 heteroatoms. The van der Waals surface area contributed by atoms with Crippen LogP contribution in [-0.2, 0) is 0 Å². The van der Waals surface area contributed by atoms with Crippen molar-refractivity contribution >= 4 is 17.4 Å². The van der Waals surface area contributed by atoms with E-state index in [0.29, 0.717) is 5.82 Å². The third-order valence-electron chi connectivity index (χ3n) is 3.63. The van der Waals surface area contributed by atoms with E-state index in [1.54, 1.807) is 6.92 Å². The number of aromatic nitrogens is 5. The van der Waals surface area contributed by atoms with E-state index in [9.17, 15) is 13.6 Å². The number of rotatable bonds is 4. The van der Waals surface area contributed by atoms with Crippen molar-refractivity contribution in [3.05, 3.63) is 72.1 Å². The Labute approximate surface area is 156 Å². The number of amides is 1. The van der Waals surface area contributed by atoms with Crippen LogP contribution in [0.25, 0.3) is 5.65 Å². The molecule has 0 spiro atoms. The number of anilines is 1. The van der Waals surface area contributed by atoms with Gasteiger partial charge in [0.15, 0.2) is 5.65 Å². The summed E-state index contributed by atoms with van der Waals surface area (Å²) >= 11 is 0. The van der Waals surface area contributed by atoms with Gasteiger partial charge < -0.3 is 10.1 Å². The zero-order valence-corrected chi connectivity index (χ0v) is 14.4. The quantitative estimate of drug-likeness (QED) is 0.545. The van der Waals surface area contributed by atoms with Gasteiger partial charge in [-0.1, -0.05) is 6.07 Å². The second-order valence-electron chi connectivity index (χ2n) is 5.76. The van der Waals surface area contributed by atoms with E-state index in [4.69, 9.17) is 4.74 Å². The number of nitrogens with one attached hydrogen (secondary N) is 1. The summed E-state index contributed by atoms with van der Waals surface area (Å²) in [6.07, 6.45) is 3.87. The molecule has 8 nitrogen and oxygen atoms in total. The second kappa shape index (κ2) is 6.99. The Kier molecular flexibility index (Phi) is 4.36. The highest BCUT2D eigenvalue weighted by atomic mass is 19.1. The minimum Gasteiger partial charge on any atom is -0.454 e. The van der Waals surface area contributed by atoms with E-state index >= 15 is 0 Å². The van der Waals surface area contributed by atoms with Crippen LogP contribution in [0.3, 0.4) is 0 Å². The number of pyridine rings is 3. The fourth-order valence-electron chi connectivity index (χ4n) is 2.54. The highest BCUT2D eigenvalue weighted by Gasteiger charge is 2.17. The predicted molar refractivity (Wildman–Crippen MR) is 94.1 cm³/mol. The molecule has 0 aliphatic rings. The van der Waals surface area contributed by atoms with Crippen LogP contribution < -0.4 is 10.1 Å². The molecular weight excluding hydrogens is 370 g/mol. The number of nitrogens with zero attached hydrogens (tertiary/aromatic N) is 5. The van der Waals surface area contributed by atoms with Gasteiger partial charge in [-0.3, -0.25) is 9.78 Å². The van der Waals surface area contributed by atoms with Crippen LogP contribution in [0.15, 0.2) is 48.9 Å². The average molecular weight is 382 g/mol. The molecule has 0 aromatic carbocycles. The van der Waals surface area contributed by atoms with Crippen molar-refractivity contribution in [3.63, 3.8) is 0 Å². The first-order valence-corrected chi connectivity index (χ1v) is 8.07. The van der Waals surface area contributed by atoms with Gasteiger partial charge in [0.05, 0.1) is 24.2 Å². The molecule has 140 valence electrons. The SMILES string of the molecule is Cc1nc2c(C(=O)Nc3cccc(F)n3)cc(Oc3cncc(F)c3)cn2n1. The van der Waals surface area contributed by atoms with Crippen molar-refractivity contribution in [1.29, 1.82) is 0 Å². The summed E-state index contributed by atoms with van der Waals surface area (Å²) in [6.45, 7) is 1.67. The van der Waals surface area contributed by atoms with Crippen molar-refractivity contribution in [1.82, 2.24) is 24.6 Å². The van der Waals surface area contributed by atoms with Crippen molar-refractivity contribution in [2.75, 3.05) is 5.32 Å². The van der Waals surface area contributed by atoms with Gasteiger partial charge in [-0.25, -0.2) is 18.9 Å². The van der Waals surface area contributed by atoms with Crippen LogP contribution in [0.5, 0.6) is 11.5 Å². The maximum absolute atomic E-state index is 13.3. The first-order valence-electron chi connectivity index (χ1n) is 8.07. The molecule has 0 bridgehead atoms. The molecule has 1 N–H and O–H groups in total. The molecule has 4 rings (SSSR count). The lowest BCUT2D eigenvalue weighted by Crippen LogP contribution is -2.15. The molecule has 0 saturated carbocycles. The Morgan fingerprint density at radius 3 is 2.79 bits per heavy atom. The maximum atomic E-state index is 13.3. The number of carbonyl (C=O) groups excluding carboxylic acids is 1. The number of hydrogen-bond donors (Lipinski definition) is 1. The number of fused-ring (bicyclic) bond motifs is 1. The van der Waals surface area contributed by atoms with Gasteiger partial charge in [-0.15, -0.1) is 0 Å². The van der Waals surface area contributed by atoms with Crippen LogP contribution in [0.4, 0.5) is 14.6 Å². The molecule has 0 aliphatic carbocycles. The normalized spacial score (nSPS) is 10.8. The maximum Gasteiger partial charge on any atom is 0.260 e. The largest absolute Gasteiger partial charge is 0.454 e. The summed E-state index contributed by atoms with van der Waals surface area (Å²) in [5.74, 6) is -1.04. The molecule has 1 amide bonds. The van der Waals surface area contributed by atoms with E-state index in [1.165, 1.54) is 35.1 Å². The Balaban J connectivity index is 1.72. The van der Waals surface area contributed by atoms with Gasteiger partial charge in [0.25, 0.3) is 5.91 Å². The van der Waals surface area contributed by atoms with Crippen LogP contribution in [0.2, 0.25) is 0 Å². The lowest BCUT2D eigenvalue weighted by atomic mass is 10.2. The monoisotopic (exact) mass is 382 g/mol. The first kappa shape index (κ1) is 17.5. The summed E-state index contributed by atoms with van der Waals surface area (Å²) < 4.78 is 33.6. The van der Waals surface area contributed by atoms with Crippen molar-refractivity contribution in [2.24, 2.45) is 0 Å². The summed E-state index contributed by atoms with van der Waals surface area (Å²) in [4.78, 5) is 24.3. The molecule has 4 aromatic rings. The highest BCUT2D eigenvalue weighted by molar-refractivity contribution is 6.08. The summed E-state index contributed by atoms with van der Waals surface area (Å²) in [6, 6.07) is 6.61. The topological polar surface area (TPSA) is 94.3 Å². The van der Waals surface area contributed by atoms with Gasteiger partial charge in [0.2, 0.25) is 5.95 Å². The predicted octanol–water partition coefficient (Wildman–Crippen LogP) is 3.15. The van der Waals surface area contributed by atoms with E-state index < -0.39 is 17.7 Å². The summed E-state index contributed by atoms with van der Waals surface area (Å²) in [7, 11) is 0. The summed E-state index contributed by atoms with van der Waals surface area (Å²) in [5.41, 5.74) is 0.393. The van der Waals surface area contributed by atoms with Crippen LogP contribution in [-0.4, -0.2) is 30.5 Å². The molecule has 0 fully saturated rings. The van der Waals surface area contributed by atoms with E-state index in [2.05, 4.69) is 25.4 Å². The van der Waals surface area contributed by atoms with Crippen molar-refractivity contribution < 1.29 is 18.3 Å².